The van der Waals surface area contributed by atoms with Crippen LogP contribution in [0.4, 0.5) is 21.9 Å². The van der Waals surface area contributed by atoms with Gasteiger partial charge in [0.1, 0.15) is 5.69 Å². The first-order valence-corrected chi connectivity index (χ1v) is 6.66. The molecule has 0 atom stereocenters. The lowest BCUT2D eigenvalue weighted by Crippen LogP contribution is -2.22. The number of hydrogen-bond donors (Lipinski definition) is 3. The Bertz CT molecular complexity index is 529. The van der Waals surface area contributed by atoms with E-state index in [1.165, 1.54) is 18.2 Å². The molecule has 1 aliphatic heterocycles. The highest BCUT2D eigenvalue weighted by Gasteiger charge is 2.18. The van der Waals surface area contributed by atoms with Crippen LogP contribution in [-0.2, 0) is 4.74 Å². The van der Waals surface area contributed by atoms with Gasteiger partial charge in [0.15, 0.2) is 0 Å². The maximum atomic E-state index is 11.1. The van der Waals surface area contributed by atoms with Crippen LogP contribution in [-0.4, -0.2) is 35.9 Å². The van der Waals surface area contributed by atoms with Gasteiger partial charge in [0, 0.05) is 25.8 Å². The standard InChI is InChI=1S/C13H17N3O5/c17-13(18)15-10-1-2-11(12(7-10)16(19)20)14-8-9-3-5-21-6-4-9/h1-2,7,9,14-15H,3-6,8H2,(H,17,18). The smallest absolute Gasteiger partial charge is 0.409 e. The molecule has 0 aliphatic carbocycles. The molecule has 1 aromatic carbocycles. The van der Waals surface area contributed by atoms with E-state index in [0.29, 0.717) is 18.2 Å². The second kappa shape index (κ2) is 6.89. The molecule has 0 saturated carbocycles. The molecule has 1 aliphatic rings. The van der Waals surface area contributed by atoms with Crippen molar-refractivity contribution in [3.05, 3.63) is 28.3 Å². The summed E-state index contributed by atoms with van der Waals surface area (Å²) >= 11 is 0. The third kappa shape index (κ3) is 4.32. The minimum atomic E-state index is -1.26. The van der Waals surface area contributed by atoms with Crippen LogP contribution < -0.4 is 10.6 Å². The number of nitrogens with zero attached hydrogens (tertiary/aromatic N) is 1. The highest BCUT2D eigenvalue weighted by Crippen LogP contribution is 2.28. The summed E-state index contributed by atoms with van der Waals surface area (Å²) in [5.41, 5.74) is 0.418. The zero-order chi connectivity index (χ0) is 15.2. The Kier molecular flexibility index (Phi) is 4.94. The van der Waals surface area contributed by atoms with E-state index in [1.54, 1.807) is 0 Å². The van der Waals surface area contributed by atoms with E-state index in [9.17, 15) is 14.9 Å². The molecule has 3 N–H and O–H groups in total. The molecule has 0 radical (unpaired) electrons. The Hall–Kier alpha value is -2.35. The molecule has 114 valence electrons. The highest BCUT2D eigenvalue weighted by molar-refractivity contribution is 5.84. The van der Waals surface area contributed by atoms with Crippen molar-refractivity contribution in [3.63, 3.8) is 0 Å². The normalized spacial score (nSPS) is 15.4. The van der Waals surface area contributed by atoms with Crippen molar-refractivity contribution in [1.29, 1.82) is 0 Å². The lowest BCUT2D eigenvalue weighted by molar-refractivity contribution is -0.383. The summed E-state index contributed by atoms with van der Waals surface area (Å²) < 4.78 is 5.27. The van der Waals surface area contributed by atoms with Crippen molar-refractivity contribution in [1.82, 2.24) is 0 Å². The number of rotatable bonds is 5. The van der Waals surface area contributed by atoms with Gasteiger partial charge < -0.3 is 15.2 Å². The number of nitro benzene ring substituents is 1. The SMILES string of the molecule is O=C(O)Nc1ccc(NCC2CCOCC2)c([N+](=O)[O-])c1. The van der Waals surface area contributed by atoms with Gasteiger partial charge in [-0.2, -0.15) is 0 Å². The summed E-state index contributed by atoms with van der Waals surface area (Å²) in [7, 11) is 0. The molecule has 1 fully saturated rings. The molecule has 1 aromatic rings. The van der Waals surface area contributed by atoms with Crippen LogP contribution in [0.5, 0.6) is 0 Å². The third-order valence-electron chi connectivity index (χ3n) is 3.37. The van der Waals surface area contributed by atoms with Crippen molar-refractivity contribution in [2.45, 2.75) is 12.8 Å². The van der Waals surface area contributed by atoms with Crippen LogP contribution in [0.1, 0.15) is 12.8 Å². The van der Waals surface area contributed by atoms with Crippen molar-refractivity contribution in [2.24, 2.45) is 5.92 Å². The highest BCUT2D eigenvalue weighted by atomic mass is 16.6. The lowest BCUT2D eigenvalue weighted by atomic mass is 10.0. The molecule has 21 heavy (non-hydrogen) atoms. The molecule has 0 spiro atoms. The largest absolute Gasteiger partial charge is 0.465 e. The Morgan fingerprint density at radius 3 is 2.76 bits per heavy atom. The summed E-state index contributed by atoms with van der Waals surface area (Å²) in [4.78, 5) is 21.1. The van der Waals surface area contributed by atoms with Crippen LogP contribution in [0.25, 0.3) is 0 Å². The molecule has 8 nitrogen and oxygen atoms in total. The Balaban J connectivity index is 2.06. The summed E-state index contributed by atoms with van der Waals surface area (Å²) in [5, 5.41) is 24.9. The molecular formula is C13H17N3O5. The minimum Gasteiger partial charge on any atom is -0.465 e. The number of nitro groups is 1. The second-order valence-corrected chi connectivity index (χ2v) is 4.86. The van der Waals surface area contributed by atoms with E-state index in [0.717, 1.165) is 26.1 Å². The summed E-state index contributed by atoms with van der Waals surface area (Å²) in [6.45, 7) is 2.07. The third-order valence-corrected chi connectivity index (χ3v) is 3.37. The maximum absolute atomic E-state index is 11.1. The average Bonchev–Trinajstić information content (AvgIpc) is 2.46. The van der Waals surface area contributed by atoms with Crippen LogP contribution in [0.2, 0.25) is 0 Å². The zero-order valence-corrected chi connectivity index (χ0v) is 11.4. The Morgan fingerprint density at radius 1 is 1.43 bits per heavy atom. The van der Waals surface area contributed by atoms with E-state index in [4.69, 9.17) is 9.84 Å². The Labute approximate surface area is 121 Å². The van der Waals surface area contributed by atoms with Gasteiger partial charge in [0.2, 0.25) is 0 Å². The second-order valence-electron chi connectivity index (χ2n) is 4.86. The van der Waals surface area contributed by atoms with Gasteiger partial charge in [-0.1, -0.05) is 0 Å². The van der Waals surface area contributed by atoms with Gasteiger partial charge in [0.05, 0.1) is 10.6 Å². The fourth-order valence-corrected chi connectivity index (χ4v) is 2.24. The van der Waals surface area contributed by atoms with E-state index in [2.05, 4.69) is 10.6 Å². The first-order valence-electron chi connectivity index (χ1n) is 6.66. The number of anilines is 2. The number of benzene rings is 1. The molecule has 1 heterocycles. The van der Waals surface area contributed by atoms with Crippen LogP contribution in [0.3, 0.4) is 0 Å². The van der Waals surface area contributed by atoms with E-state index < -0.39 is 11.0 Å². The molecule has 1 amide bonds. The molecule has 1 saturated heterocycles. The number of carbonyl (C=O) groups is 1. The lowest BCUT2D eigenvalue weighted by Gasteiger charge is -2.22. The fraction of sp³-hybridized carbons (Fsp3) is 0.462. The molecule has 8 heteroatoms. The van der Waals surface area contributed by atoms with Crippen LogP contribution in [0, 0.1) is 16.0 Å². The number of ether oxygens (including phenoxy) is 1. The molecule has 2 rings (SSSR count). The molecular weight excluding hydrogens is 278 g/mol. The zero-order valence-electron chi connectivity index (χ0n) is 11.4. The van der Waals surface area contributed by atoms with Gasteiger partial charge in [-0.25, -0.2) is 4.79 Å². The monoisotopic (exact) mass is 295 g/mol. The van der Waals surface area contributed by atoms with Gasteiger partial charge in [0.25, 0.3) is 5.69 Å². The molecule has 0 bridgehead atoms. The quantitative estimate of drug-likeness (QED) is 0.568. The van der Waals surface area contributed by atoms with Crippen molar-refractivity contribution in [2.75, 3.05) is 30.4 Å². The predicted molar refractivity (Wildman–Crippen MR) is 76.8 cm³/mol. The predicted octanol–water partition coefficient (Wildman–Crippen LogP) is 2.52. The molecule has 0 unspecified atom stereocenters. The van der Waals surface area contributed by atoms with Crippen molar-refractivity contribution < 1.29 is 19.6 Å². The minimum absolute atomic E-state index is 0.145. The van der Waals surface area contributed by atoms with Gasteiger partial charge in [-0.15, -0.1) is 0 Å². The summed E-state index contributed by atoms with van der Waals surface area (Å²) in [5.74, 6) is 0.426. The van der Waals surface area contributed by atoms with E-state index in [1.807, 2.05) is 0 Å². The van der Waals surface area contributed by atoms with Crippen molar-refractivity contribution >= 4 is 23.2 Å². The number of hydrogen-bond acceptors (Lipinski definition) is 5. The van der Waals surface area contributed by atoms with Gasteiger partial charge in [-0.05, 0) is 30.9 Å². The number of carboxylic acid groups (broad SMARTS) is 1. The van der Waals surface area contributed by atoms with Gasteiger partial charge >= 0.3 is 6.09 Å². The topological polar surface area (TPSA) is 114 Å². The summed E-state index contributed by atoms with van der Waals surface area (Å²) in [6, 6.07) is 4.22. The van der Waals surface area contributed by atoms with E-state index in [-0.39, 0.29) is 11.4 Å². The van der Waals surface area contributed by atoms with Crippen molar-refractivity contribution in [3.8, 4) is 0 Å². The first kappa shape index (κ1) is 15.0. The fourth-order valence-electron chi connectivity index (χ4n) is 2.24. The number of amides is 1. The maximum Gasteiger partial charge on any atom is 0.409 e. The van der Waals surface area contributed by atoms with Gasteiger partial charge in [-0.3, -0.25) is 15.4 Å². The van der Waals surface area contributed by atoms with Crippen LogP contribution in [0.15, 0.2) is 18.2 Å². The first-order chi connectivity index (χ1) is 10.1. The average molecular weight is 295 g/mol. The number of nitrogens with one attached hydrogen (secondary N) is 2. The van der Waals surface area contributed by atoms with Crippen LogP contribution >= 0.6 is 0 Å². The Morgan fingerprint density at radius 2 is 2.14 bits per heavy atom. The molecule has 0 aromatic heterocycles. The summed E-state index contributed by atoms with van der Waals surface area (Å²) in [6.07, 6.45) is 0.603. The van der Waals surface area contributed by atoms with E-state index >= 15 is 0 Å².